The molecule has 1 aromatic heterocycles. The monoisotopic (exact) mass is 273 g/mol. The van der Waals surface area contributed by atoms with Gasteiger partial charge < -0.3 is 4.90 Å². The number of carbonyl (C=O) groups is 1. The molecule has 1 aliphatic heterocycles. The van der Waals surface area contributed by atoms with Crippen molar-refractivity contribution in [3.8, 4) is 0 Å². The molecule has 0 bridgehead atoms. The lowest BCUT2D eigenvalue weighted by molar-refractivity contribution is 0.0798. The van der Waals surface area contributed by atoms with Crippen LogP contribution in [0.25, 0.3) is 0 Å². The van der Waals surface area contributed by atoms with Crippen LogP contribution in [0.15, 0.2) is 12.1 Å². The summed E-state index contributed by atoms with van der Waals surface area (Å²) in [6.45, 7) is 3.75. The van der Waals surface area contributed by atoms with Crippen molar-refractivity contribution < 1.29 is 4.79 Å². The molecule has 0 radical (unpaired) electrons. The van der Waals surface area contributed by atoms with Crippen LogP contribution in [0.5, 0.6) is 0 Å². The second kappa shape index (κ2) is 4.03. The third-order valence-corrected chi connectivity index (χ3v) is 4.11. The maximum Gasteiger partial charge on any atom is 0.263 e. The molecule has 1 aromatic rings. The number of thiophene rings is 1. The van der Waals surface area contributed by atoms with E-state index in [-0.39, 0.29) is 5.91 Å². The minimum atomic E-state index is 0.185. The number of alkyl halides is 1. The van der Waals surface area contributed by atoms with Crippen LogP contribution in [0.3, 0.4) is 0 Å². The van der Waals surface area contributed by atoms with E-state index in [2.05, 4.69) is 15.9 Å². The van der Waals surface area contributed by atoms with Crippen LogP contribution in [-0.4, -0.2) is 28.7 Å². The minimum Gasteiger partial charge on any atom is -0.337 e. The van der Waals surface area contributed by atoms with E-state index in [0.717, 1.165) is 24.4 Å². The van der Waals surface area contributed by atoms with E-state index in [1.807, 2.05) is 24.0 Å². The highest BCUT2D eigenvalue weighted by atomic mass is 79.9. The molecule has 2 heterocycles. The summed E-state index contributed by atoms with van der Waals surface area (Å²) in [5.74, 6) is 0.185. The first kappa shape index (κ1) is 10.2. The Kier molecular flexibility index (Phi) is 2.93. The van der Waals surface area contributed by atoms with Gasteiger partial charge in [-0.05, 0) is 25.5 Å². The Morgan fingerprint density at radius 2 is 2.43 bits per heavy atom. The molecular formula is C10H12BrNOS. The van der Waals surface area contributed by atoms with E-state index in [1.54, 1.807) is 11.3 Å². The third-order valence-electron chi connectivity index (χ3n) is 2.37. The molecule has 0 aliphatic carbocycles. The Balaban J connectivity index is 2.09. The highest BCUT2D eigenvalue weighted by Crippen LogP contribution is 2.22. The number of likely N-dealkylation sites (tertiary alicyclic amines) is 1. The van der Waals surface area contributed by atoms with Crippen LogP contribution in [0.2, 0.25) is 0 Å². The zero-order chi connectivity index (χ0) is 10.1. The molecule has 2 rings (SSSR count). The van der Waals surface area contributed by atoms with Crippen molar-refractivity contribution in [2.45, 2.75) is 18.2 Å². The van der Waals surface area contributed by atoms with E-state index in [1.165, 1.54) is 4.88 Å². The van der Waals surface area contributed by atoms with Crippen molar-refractivity contribution in [3.63, 3.8) is 0 Å². The zero-order valence-corrected chi connectivity index (χ0v) is 10.4. The average molecular weight is 274 g/mol. The number of aryl methyl sites for hydroxylation is 1. The van der Waals surface area contributed by atoms with Crippen molar-refractivity contribution >= 4 is 33.2 Å². The summed E-state index contributed by atoms with van der Waals surface area (Å²) < 4.78 is 0. The second-order valence-corrected chi connectivity index (χ2v) is 6.13. The van der Waals surface area contributed by atoms with Gasteiger partial charge in [-0.15, -0.1) is 11.3 Å². The normalized spacial score (nSPS) is 21.6. The first-order chi connectivity index (χ1) is 6.66. The van der Waals surface area contributed by atoms with Crippen molar-refractivity contribution in [1.29, 1.82) is 0 Å². The Morgan fingerprint density at radius 1 is 1.64 bits per heavy atom. The summed E-state index contributed by atoms with van der Waals surface area (Å²) in [5.41, 5.74) is 0. The van der Waals surface area contributed by atoms with Gasteiger partial charge in [-0.2, -0.15) is 0 Å². The lowest BCUT2D eigenvalue weighted by Crippen LogP contribution is -2.27. The van der Waals surface area contributed by atoms with Gasteiger partial charge in [0, 0.05) is 22.8 Å². The van der Waals surface area contributed by atoms with Gasteiger partial charge in [-0.1, -0.05) is 15.9 Å². The highest BCUT2D eigenvalue weighted by Gasteiger charge is 2.25. The van der Waals surface area contributed by atoms with Gasteiger partial charge in [0.1, 0.15) is 0 Å². The minimum absolute atomic E-state index is 0.185. The van der Waals surface area contributed by atoms with Gasteiger partial charge in [-0.25, -0.2) is 0 Å². The van der Waals surface area contributed by atoms with Crippen LogP contribution >= 0.6 is 27.3 Å². The van der Waals surface area contributed by atoms with Gasteiger partial charge in [0.05, 0.1) is 4.88 Å². The topological polar surface area (TPSA) is 20.3 Å². The van der Waals surface area contributed by atoms with E-state index >= 15 is 0 Å². The van der Waals surface area contributed by atoms with Crippen LogP contribution in [0.1, 0.15) is 21.0 Å². The molecule has 1 unspecified atom stereocenters. The number of nitrogens with zero attached hydrogens (tertiary/aromatic N) is 1. The molecule has 14 heavy (non-hydrogen) atoms. The van der Waals surface area contributed by atoms with Gasteiger partial charge in [0.15, 0.2) is 0 Å². The molecule has 2 nitrogen and oxygen atoms in total. The van der Waals surface area contributed by atoms with Crippen molar-refractivity contribution in [2.24, 2.45) is 0 Å². The van der Waals surface area contributed by atoms with Crippen molar-refractivity contribution in [2.75, 3.05) is 13.1 Å². The SMILES string of the molecule is Cc1ccc(C(=O)N2CCC(Br)C2)s1. The van der Waals surface area contributed by atoms with Crippen LogP contribution in [0, 0.1) is 6.92 Å². The third kappa shape index (κ3) is 2.01. The number of hydrogen-bond donors (Lipinski definition) is 0. The Morgan fingerprint density at radius 3 is 2.93 bits per heavy atom. The van der Waals surface area contributed by atoms with Gasteiger partial charge in [-0.3, -0.25) is 4.79 Å². The zero-order valence-electron chi connectivity index (χ0n) is 8.00. The molecular weight excluding hydrogens is 262 g/mol. The predicted octanol–water partition coefficient (Wildman–Crippen LogP) is 2.67. The van der Waals surface area contributed by atoms with Gasteiger partial charge >= 0.3 is 0 Å². The number of halogens is 1. The van der Waals surface area contributed by atoms with E-state index in [4.69, 9.17) is 0 Å². The molecule has 76 valence electrons. The fourth-order valence-corrected chi connectivity index (χ4v) is 3.00. The van der Waals surface area contributed by atoms with Crippen molar-refractivity contribution in [1.82, 2.24) is 4.90 Å². The predicted molar refractivity (Wildman–Crippen MR) is 62.3 cm³/mol. The molecule has 1 saturated heterocycles. The summed E-state index contributed by atoms with van der Waals surface area (Å²) in [7, 11) is 0. The summed E-state index contributed by atoms with van der Waals surface area (Å²) in [4.78, 5) is 16.4. The van der Waals surface area contributed by atoms with Crippen LogP contribution in [0.4, 0.5) is 0 Å². The van der Waals surface area contributed by atoms with Crippen molar-refractivity contribution in [3.05, 3.63) is 21.9 Å². The fraction of sp³-hybridized carbons (Fsp3) is 0.500. The molecule has 4 heteroatoms. The molecule has 0 saturated carbocycles. The maximum absolute atomic E-state index is 11.9. The van der Waals surface area contributed by atoms with E-state index in [0.29, 0.717) is 4.83 Å². The Labute approximate surface area is 96.0 Å². The molecule has 0 spiro atoms. The molecule has 1 fully saturated rings. The molecule has 0 aromatic carbocycles. The molecule has 1 amide bonds. The smallest absolute Gasteiger partial charge is 0.263 e. The molecule has 1 atom stereocenters. The lowest BCUT2D eigenvalue weighted by Gasteiger charge is -2.13. The summed E-state index contributed by atoms with van der Waals surface area (Å²) >= 11 is 5.11. The fourth-order valence-electron chi connectivity index (χ4n) is 1.61. The number of amides is 1. The molecule has 1 aliphatic rings. The van der Waals surface area contributed by atoms with Crippen LogP contribution < -0.4 is 0 Å². The maximum atomic E-state index is 11.9. The van der Waals surface area contributed by atoms with E-state index < -0.39 is 0 Å². The Hall–Kier alpha value is -0.350. The number of hydrogen-bond acceptors (Lipinski definition) is 2. The van der Waals surface area contributed by atoms with E-state index in [9.17, 15) is 4.79 Å². The quantitative estimate of drug-likeness (QED) is 0.721. The first-order valence-electron chi connectivity index (χ1n) is 4.66. The molecule has 0 N–H and O–H groups in total. The second-order valence-electron chi connectivity index (χ2n) is 3.55. The summed E-state index contributed by atoms with van der Waals surface area (Å²) in [6.07, 6.45) is 1.07. The standard InChI is InChI=1S/C10H12BrNOS/c1-7-2-3-9(14-7)10(13)12-5-4-8(11)6-12/h2-3,8H,4-6H2,1H3. The lowest BCUT2D eigenvalue weighted by atomic mass is 10.4. The van der Waals surface area contributed by atoms with Gasteiger partial charge in [0.25, 0.3) is 5.91 Å². The highest BCUT2D eigenvalue weighted by molar-refractivity contribution is 9.09. The number of carbonyl (C=O) groups excluding carboxylic acids is 1. The van der Waals surface area contributed by atoms with Gasteiger partial charge in [0.2, 0.25) is 0 Å². The van der Waals surface area contributed by atoms with Crippen LogP contribution in [-0.2, 0) is 0 Å². The largest absolute Gasteiger partial charge is 0.337 e. The first-order valence-corrected chi connectivity index (χ1v) is 6.40. The number of rotatable bonds is 1. The Bertz CT molecular complexity index is 350. The summed E-state index contributed by atoms with van der Waals surface area (Å²) in [5, 5.41) is 0. The summed E-state index contributed by atoms with van der Waals surface area (Å²) in [6, 6.07) is 3.92. The average Bonchev–Trinajstić information content (AvgIpc) is 2.73.